The van der Waals surface area contributed by atoms with Gasteiger partial charge in [-0.3, -0.25) is 9.36 Å². The fraction of sp³-hybridized carbons (Fsp3) is 0.190. The molecule has 0 saturated carbocycles. The molecule has 11 heteroatoms. The molecule has 3 aromatic rings. The highest BCUT2D eigenvalue weighted by Gasteiger charge is 2.18. The largest absolute Gasteiger partial charge is 0.495 e. The van der Waals surface area contributed by atoms with Crippen molar-refractivity contribution in [2.75, 3.05) is 25.3 Å². The molecular weight excluding hydrogens is 495 g/mol. The van der Waals surface area contributed by atoms with Crippen molar-refractivity contribution in [2.24, 2.45) is 0 Å². The SMILES string of the molecule is C=CCn1c(SCC(=O)Nc2cc(OC)c(Cl)cc2OC)nnc1-c1ccc(Cl)cc1Cl. The van der Waals surface area contributed by atoms with Crippen LogP contribution in [0.1, 0.15) is 0 Å². The van der Waals surface area contributed by atoms with Crippen LogP contribution in [-0.2, 0) is 11.3 Å². The van der Waals surface area contributed by atoms with Crippen LogP contribution in [-0.4, -0.2) is 40.6 Å². The number of nitrogens with zero attached hydrogens (tertiary/aromatic N) is 3. The Morgan fingerprint density at radius 1 is 1.12 bits per heavy atom. The highest BCUT2D eigenvalue weighted by molar-refractivity contribution is 7.99. The lowest BCUT2D eigenvalue weighted by Crippen LogP contribution is -2.15. The van der Waals surface area contributed by atoms with E-state index < -0.39 is 0 Å². The van der Waals surface area contributed by atoms with E-state index in [-0.39, 0.29) is 11.7 Å². The van der Waals surface area contributed by atoms with Crippen molar-refractivity contribution in [1.29, 1.82) is 0 Å². The van der Waals surface area contributed by atoms with Crippen molar-refractivity contribution in [3.8, 4) is 22.9 Å². The Labute approximate surface area is 204 Å². The van der Waals surface area contributed by atoms with Crippen LogP contribution < -0.4 is 14.8 Å². The maximum Gasteiger partial charge on any atom is 0.234 e. The van der Waals surface area contributed by atoms with Gasteiger partial charge >= 0.3 is 0 Å². The normalized spacial score (nSPS) is 10.7. The Morgan fingerprint density at radius 2 is 1.88 bits per heavy atom. The number of rotatable bonds is 9. The van der Waals surface area contributed by atoms with Gasteiger partial charge in [0, 0.05) is 29.3 Å². The number of halogens is 3. The van der Waals surface area contributed by atoms with Gasteiger partial charge in [0.15, 0.2) is 11.0 Å². The Kier molecular flexibility index (Phi) is 8.31. The predicted octanol–water partition coefficient (Wildman–Crippen LogP) is 5.84. The monoisotopic (exact) mass is 512 g/mol. The zero-order chi connectivity index (χ0) is 23.3. The quantitative estimate of drug-likeness (QED) is 0.286. The summed E-state index contributed by atoms with van der Waals surface area (Å²) in [5, 5.41) is 13.2. The first-order valence-corrected chi connectivity index (χ1v) is 11.3. The van der Waals surface area contributed by atoms with Crippen molar-refractivity contribution in [3.63, 3.8) is 0 Å². The second-order valence-electron chi connectivity index (χ2n) is 6.35. The van der Waals surface area contributed by atoms with Gasteiger partial charge < -0.3 is 14.8 Å². The molecule has 0 radical (unpaired) electrons. The summed E-state index contributed by atoms with van der Waals surface area (Å²) in [6.45, 7) is 4.22. The van der Waals surface area contributed by atoms with Crippen molar-refractivity contribution in [3.05, 3.63) is 58.1 Å². The molecular formula is C21H19Cl3N4O3S. The number of amides is 1. The molecule has 1 N–H and O–H groups in total. The van der Waals surface area contributed by atoms with Crippen molar-refractivity contribution < 1.29 is 14.3 Å². The lowest BCUT2D eigenvalue weighted by Gasteiger charge is -2.13. The van der Waals surface area contributed by atoms with Gasteiger partial charge in [-0.15, -0.1) is 16.8 Å². The van der Waals surface area contributed by atoms with Gasteiger partial charge in [-0.25, -0.2) is 0 Å². The Bertz CT molecular complexity index is 1150. The molecule has 32 heavy (non-hydrogen) atoms. The van der Waals surface area contributed by atoms with E-state index in [9.17, 15) is 4.79 Å². The minimum atomic E-state index is -0.267. The highest BCUT2D eigenvalue weighted by atomic mass is 35.5. The second-order valence-corrected chi connectivity index (χ2v) is 8.55. The Balaban J connectivity index is 1.78. The number of carbonyl (C=O) groups is 1. The zero-order valence-corrected chi connectivity index (χ0v) is 20.3. The number of allylic oxidation sites excluding steroid dienone is 1. The minimum Gasteiger partial charge on any atom is -0.495 e. The number of aromatic nitrogens is 3. The van der Waals surface area contributed by atoms with Gasteiger partial charge in [-0.1, -0.05) is 52.6 Å². The van der Waals surface area contributed by atoms with Crippen LogP contribution in [0.4, 0.5) is 5.69 Å². The van der Waals surface area contributed by atoms with Crippen LogP contribution in [0.3, 0.4) is 0 Å². The third-order valence-corrected chi connectivity index (χ3v) is 6.09. The maximum atomic E-state index is 12.6. The van der Waals surface area contributed by atoms with Crippen LogP contribution in [0.5, 0.6) is 11.5 Å². The molecule has 0 atom stereocenters. The summed E-state index contributed by atoms with van der Waals surface area (Å²) in [7, 11) is 2.98. The molecule has 0 aliphatic heterocycles. The summed E-state index contributed by atoms with van der Waals surface area (Å²) in [6.07, 6.45) is 1.71. The van der Waals surface area contributed by atoms with Crippen LogP contribution in [0, 0.1) is 0 Å². The van der Waals surface area contributed by atoms with Crippen LogP contribution >= 0.6 is 46.6 Å². The molecule has 168 valence electrons. The van der Waals surface area contributed by atoms with Gasteiger partial charge in [0.2, 0.25) is 5.91 Å². The van der Waals surface area contributed by atoms with E-state index in [2.05, 4.69) is 22.1 Å². The molecule has 1 aromatic heterocycles. The van der Waals surface area contributed by atoms with Crippen molar-refractivity contribution >= 4 is 58.2 Å². The minimum absolute atomic E-state index is 0.0811. The molecule has 3 rings (SSSR count). The molecule has 0 fully saturated rings. The summed E-state index contributed by atoms with van der Waals surface area (Å²) in [6, 6.07) is 8.31. The number of hydrogen-bond donors (Lipinski definition) is 1. The molecule has 0 spiro atoms. The van der Waals surface area contributed by atoms with Crippen LogP contribution in [0.25, 0.3) is 11.4 Å². The molecule has 0 aliphatic carbocycles. The van der Waals surface area contributed by atoms with E-state index in [1.807, 2.05) is 4.57 Å². The van der Waals surface area contributed by atoms with E-state index in [1.165, 1.54) is 26.0 Å². The summed E-state index contributed by atoms with van der Waals surface area (Å²) in [4.78, 5) is 12.6. The number of hydrogen-bond acceptors (Lipinski definition) is 6. The number of nitrogens with one attached hydrogen (secondary N) is 1. The molecule has 0 bridgehead atoms. The lowest BCUT2D eigenvalue weighted by molar-refractivity contribution is -0.113. The van der Waals surface area contributed by atoms with E-state index >= 15 is 0 Å². The van der Waals surface area contributed by atoms with E-state index in [0.29, 0.717) is 55.3 Å². The first kappa shape index (κ1) is 24.3. The second kappa shape index (κ2) is 11.0. The van der Waals surface area contributed by atoms with Crippen LogP contribution in [0.15, 0.2) is 48.1 Å². The summed E-state index contributed by atoms with van der Waals surface area (Å²) >= 11 is 19.7. The number of carbonyl (C=O) groups excluding carboxylic acids is 1. The van der Waals surface area contributed by atoms with Crippen molar-refractivity contribution in [2.45, 2.75) is 11.7 Å². The number of benzene rings is 2. The third-order valence-electron chi connectivity index (χ3n) is 4.28. The van der Waals surface area contributed by atoms with Gasteiger partial charge in [0.1, 0.15) is 11.5 Å². The van der Waals surface area contributed by atoms with Gasteiger partial charge in [0.05, 0.1) is 35.7 Å². The predicted molar refractivity (Wildman–Crippen MR) is 130 cm³/mol. The number of ether oxygens (including phenoxy) is 2. The van der Waals surface area contributed by atoms with E-state index in [4.69, 9.17) is 44.3 Å². The molecule has 1 amide bonds. The number of thioether (sulfide) groups is 1. The molecule has 0 saturated heterocycles. The van der Waals surface area contributed by atoms with E-state index in [1.54, 1.807) is 36.4 Å². The first-order valence-electron chi connectivity index (χ1n) is 9.21. The number of anilines is 1. The summed E-state index contributed by atoms with van der Waals surface area (Å²) < 4.78 is 12.3. The topological polar surface area (TPSA) is 78.3 Å². The van der Waals surface area contributed by atoms with Gasteiger partial charge in [0.25, 0.3) is 0 Å². The maximum absolute atomic E-state index is 12.6. The third kappa shape index (κ3) is 5.50. The molecule has 0 unspecified atom stereocenters. The lowest BCUT2D eigenvalue weighted by atomic mass is 10.2. The Hall–Kier alpha value is -2.39. The highest BCUT2D eigenvalue weighted by Crippen LogP contribution is 2.36. The molecule has 0 aliphatic rings. The van der Waals surface area contributed by atoms with Gasteiger partial charge in [-0.05, 0) is 18.2 Å². The smallest absolute Gasteiger partial charge is 0.234 e. The summed E-state index contributed by atoms with van der Waals surface area (Å²) in [5.74, 6) is 1.21. The molecule has 7 nitrogen and oxygen atoms in total. The molecule has 1 heterocycles. The van der Waals surface area contributed by atoms with E-state index in [0.717, 1.165) is 0 Å². The number of methoxy groups -OCH3 is 2. The molecule has 2 aromatic carbocycles. The Morgan fingerprint density at radius 3 is 2.53 bits per heavy atom. The van der Waals surface area contributed by atoms with Crippen molar-refractivity contribution in [1.82, 2.24) is 14.8 Å². The van der Waals surface area contributed by atoms with Crippen LogP contribution in [0.2, 0.25) is 15.1 Å². The standard InChI is InChI=1S/C21H19Cl3N4O3S/c1-4-7-28-20(13-6-5-12(22)8-14(13)23)26-27-21(28)32-11-19(29)25-16-10-17(30-2)15(24)9-18(16)31-3/h4-6,8-10H,1,7,11H2,2-3H3,(H,25,29). The fourth-order valence-electron chi connectivity index (χ4n) is 2.83. The van der Waals surface area contributed by atoms with Gasteiger partial charge in [-0.2, -0.15) is 0 Å². The average molecular weight is 514 g/mol. The zero-order valence-electron chi connectivity index (χ0n) is 17.2. The average Bonchev–Trinajstić information content (AvgIpc) is 3.15. The summed E-state index contributed by atoms with van der Waals surface area (Å²) in [5.41, 5.74) is 1.13. The fourth-order valence-corrected chi connectivity index (χ4v) is 4.31. The first-order chi connectivity index (χ1) is 15.4.